The van der Waals surface area contributed by atoms with E-state index in [1.165, 1.54) is 29.4 Å². The molecule has 1 N–H and O–H groups in total. The monoisotopic (exact) mass is 393 g/mol. The highest BCUT2D eigenvalue weighted by atomic mass is 35.5. The smallest absolute Gasteiger partial charge is 0.269 e. The molecule has 0 radical (unpaired) electrons. The van der Waals surface area contributed by atoms with Crippen molar-refractivity contribution in [1.29, 1.82) is 0 Å². The van der Waals surface area contributed by atoms with E-state index in [4.69, 9.17) is 4.74 Å². The maximum atomic E-state index is 13.1. The molecule has 3 rings (SSSR count). The molecule has 1 aromatic carbocycles. The lowest BCUT2D eigenvalue weighted by atomic mass is 10.1. The number of halogens is 1. The Morgan fingerprint density at radius 2 is 1.88 bits per heavy atom. The summed E-state index contributed by atoms with van der Waals surface area (Å²) in [7, 11) is -0.462. The lowest BCUT2D eigenvalue weighted by molar-refractivity contribution is 0.397. The summed E-state index contributed by atoms with van der Waals surface area (Å²) >= 11 is 0. The largest absolute Gasteiger partial charge is 0.481 e. The Hall–Kier alpha value is -2.35. The van der Waals surface area contributed by atoms with E-state index in [-0.39, 0.29) is 17.3 Å². The molecule has 2 aromatic heterocycles. The Labute approximate surface area is 159 Å². The van der Waals surface area contributed by atoms with Crippen molar-refractivity contribution in [3.05, 3.63) is 66.5 Å². The topological polar surface area (TPSA) is 73.2 Å². The van der Waals surface area contributed by atoms with Gasteiger partial charge in [-0.3, -0.25) is 0 Å². The van der Waals surface area contributed by atoms with Gasteiger partial charge in [0.1, 0.15) is 4.90 Å². The van der Waals surface area contributed by atoms with Crippen molar-refractivity contribution in [2.45, 2.75) is 11.4 Å². The van der Waals surface area contributed by atoms with E-state index in [1.807, 2.05) is 43.4 Å². The fourth-order valence-electron chi connectivity index (χ4n) is 2.57. The number of ether oxygens (including phenoxy) is 1. The number of nitrogens with one attached hydrogen (secondary N) is 1. The maximum absolute atomic E-state index is 13.1. The summed E-state index contributed by atoms with van der Waals surface area (Å²) in [6, 6.07) is 14.3. The molecule has 0 saturated heterocycles. The van der Waals surface area contributed by atoms with Gasteiger partial charge in [-0.2, -0.15) is 0 Å². The highest BCUT2D eigenvalue weighted by Crippen LogP contribution is 2.27. The molecule has 0 saturated carbocycles. The Balaban J connectivity index is 0.00000243. The highest BCUT2D eigenvalue weighted by molar-refractivity contribution is 7.90. The maximum Gasteiger partial charge on any atom is 0.269 e. The molecule has 0 unspecified atom stereocenters. The summed E-state index contributed by atoms with van der Waals surface area (Å²) in [6.45, 7) is 0.573. The molecular formula is C18H20ClN3O3S. The van der Waals surface area contributed by atoms with Gasteiger partial charge in [0.25, 0.3) is 10.0 Å². The molecule has 0 amide bonds. The first-order chi connectivity index (χ1) is 12.1. The van der Waals surface area contributed by atoms with Crippen LogP contribution < -0.4 is 10.1 Å². The lowest BCUT2D eigenvalue weighted by Gasteiger charge is -2.10. The molecule has 138 valence electrons. The third kappa shape index (κ3) is 3.90. The van der Waals surface area contributed by atoms with Crippen molar-refractivity contribution in [1.82, 2.24) is 14.3 Å². The number of benzene rings is 1. The molecule has 0 aliphatic carbocycles. The molecule has 0 aliphatic heterocycles. The van der Waals surface area contributed by atoms with Gasteiger partial charge in [-0.15, -0.1) is 12.4 Å². The van der Waals surface area contributed by atoms with Gasteiger partial charge in [0, 0.05) is 18.8 Å². The number of hydrogen-bond acceptors (Lipinski definition) is 5. The molecule has 3 aromatic rings. The first-order valence-corrected chi connectivity index (χ1v) is 9.17. The second-order valence-electron chi connectivity index (χ2n) is 5.47. The van der Waals surface area contributed by atoms with Gasteiger partial charge in [-0.25, -0.2) is 17.4 Å². The zero-order valence-corrected chi connectivity index (χ0v) is 16.0. The minimum absolute atomic E-state index is 0. The Morgan fingerprint density at radius 1 is 1.15 bits per heavy atom. The van der Waals surface area contributed by atoms with Crippen LogP contribution in [0.2, 0.25) is 0 Å². The Kier molecular flexibility index (Phi) is 6.42. The zero-order valence-electron chi connectivity index (χ0n) is 14.4. The molecule has 0 fully saturated rings. The van der Waals surface area contributed by atoms with Crippen molar-refractivity contribution in [2.75, 3.05) is 14.2 Å². The van der Waals surface area contributed by atoms with Gasteiger partial charge >= 0.3 is 0 Å². The minimum atomic E-state index is -3.77. The first kappa shape index (κ1) is 20.0. The lowest BCUT2D eigenvalue weighted by Crippen LogP contribution is -2.14. The molecule has 8 heteroatoms. The van der Waals surface area contributed by atoms with Gasteiger partial charge in [-0.1, -0.05) is 30.3 Å². The Bertz CT molecular complexity index is 955. The van der Waals surface area contributed by atoms with Crippen LogP contribution >= 0.6 is 12.4 Å². The van der Waals surface area contributed by atoms with Gasteiger partial charge < -0.3 is 10.1 Å². The van der Waals surface area contributed by atoms with Crippen LogP contribution in [0.4, 0.5) is 0 Å². The number of rotatable bonds is 6. The second-order valence-corrected chi connectivity index (χ2v) is 7.28. The van der Waals surface area contributed by atoms with Crippen LogP contribution in [0, 0.1) is 0 Å². The number of methoxy groups -OCH3 is 1. The minimum Gasteiger partial charge on any atom is -0.481 e. The van der Waals surface area contributed by atoms with Crippen LogP contribution in [0.3, 0.4) is 0 Å². The Morgan fingerprint density at radius 3 is 2.46 bits per heavy atom. The molecule has 0 spiro atoms. The summed E-state index contributed by atoms with van der Waals surface area (Å²) in [4.78, 5) is 4.12. The van der Waals surface area contributed by atoms with Gasteiger partial charge in [0.15, 0.2) is 0 Å². The quantitative estimate of drug-likeness (QED) is 0.697. The first-order valence-electron chi connectivity index (χ1n) is 7.73. The molecular weight excluding hydrogens is 374 g/mol. The van der Waals surface area contributed by atoms with Gasteiger partial charge in [0.2, 0.25) is 5.88 Å². The van der Waals surface area contributed by atoms with Crippen LogP contribution in [0.5, 0.6) is 5.88 Å². The van der Waals surface area contributed by atoms with Crippen molar-refractivity contribution >= 4 is 22.4 Å². The average molecular weight is 394 g/mol. The summed E-state index contributed by atoms with van der Waals surface area (Å²) < 4.78 is 32.5. The SMILES string of the molecule is CNCc1cc(-c2ccccc2)n(S(=O)(=O)c2ccc(OC)nc2)c1.Cl. The van der Waals surface area contributed by atoms with Gasteiger partial charge in [-0.05, 0) is 30.3 Å². The van der Waals surface area contributed by atoms with Crippen molar-refractivity contribution < 1.29 is 13.2 Å². The number of hydrogen-bond donors (Lipinski definition) is 1. The van der Waals surface area contributed by atoms with E-state index >= 15 is 0 Å². The fourth-order valence-corrected chi connectivity index (χ4v) is 3.91. The summed E-state index contributed by atoms with van der Waals surface area (Å²) in [5.74, 6) is 0.366. The van der Waals surface area contributed by atoms with E-state index < -0.39 is 10.0 Å². The predicted octanol–water partition coefficient (Wildman–Crippen LogP) is 2.94. The van der Waals surface area contributed by atoms with Crippen LogP contribution in [-0.4, -0.2) is 31.5 Å². The van der Waals surface area contributed by atoms with Crippen molar-refractivity contribution in [3.63, 3.8) is 0 Å². The standard InChI is InChI=1S/C18H19N3O3S.ClH/c1-19-11-14-10-17(15-6-4-3-5-7-15)21(13-14)25(22,23)16-8-9-18(24-2)20-12-16;/h3-10,12-13,19H,11H2,1-2H3;1H. The number of nitrogens with zero attached hydrogens (tertiary/aromatic N) is 2. The predicted molar refractivity (Wildman–Crippen MR) is 103 cm³/mol. The van der Waals surface area contributed by atoms with Crippen LogP contribution in [0.15, 0.2) is 65.8 Å². The molecule has 6 nitrogen and oxygen atoms in total. The van der Waals surface area contributed by atoms with Gasteiger partial charge in [0.05, 0.1) is 19.0 Å². The summed E-state index contributed by atoms with van der Waals surface area (Å²) in [5, 5.41) is 3.05. The van der Waals surface area contributed by atoms with E-state index in [9.17, 15) is 8.42 Å². The third-order valence-electron chi connectivity index (χ3n) is 3.77. The highest BCUT2D eigenvalue weighted by Gasteiger charge is 2.22. The third-order valence-corrected chi connectivity index (χ3v) is 5.43. The average Bonchev–Trinajstić information content (AvgIpc) is 3.08. The molecule has 0 aliphatic rings. The number of pyridine rings is 1. The van der Waals surface area contributed by atoms with Crippen molar-refractivity contribution in [2.24, 2.45) is 0 Å². The number of aromatic nitrogens is 2. The molecule has 0 bridgehead atoms. The van der Waals surface area contributed by atoms with E-state index in [1.54, 1.807) is 6.20 Å². The van der Waals surface area contributed by atoms with E-state index in [0.717, 1.165) is 11.1 Å². The molecule has 0 atom stereocenters. The van der Waals surface area contributed by atoms with Crippen molar-refractivity contribution in [3.8, 4) is 17.1 Å². The van der Waals surface area contributed by atoms with Crippen LogP contribution in [0.1, 0.15) is 5.56 Å². The normalized spacial score (nSPS) is 11.0. The van der Waals surface area contributed by atoms with Crippen LogP contribution in [-0.2, 0) is 16.6 Å². The van der Waals surface area contributed by atoms with Crippen LogP contribution in [0.25, 0.3) is 11.3 Å². The molecule has 2 heterocycles. The fraction of sp³-hybridized carbons (Fsp3) is 0.167. The van der Waals surface area contributed by atoms with E-state index in [2.05, 4.69) is 10.3 Å². The summed E-state index contributed by atoms with van der Waals surface area (Å²) in [6.07, 6.45) is 2.94. The van der Waals surface area contributed by atoms with E-state index in [0.29, 0.717) is 18.1 Å². The zero-order chi connectivity index (χ0) is 17.9. The molecule has 26 heavy (non-hydrogen) atoms. The second kappa shape index (κ2) is 8.35. The summed E-state index contributed by atoms with van der Waals surface area (Å²) in [5.41, 5.74) is 2.32.